The average molecular weight is 806 g/mol. The first-order valence-corrected chi connectivity index (χ1v) is 18.0. The zero-order chi connectivity index (χ0) is 40.6. The first kappa shape index (κ1) is 44.9. The monoisotopic (exact) mass is 805 g/mol. The van der Waals surface area contributed by atoms with Crippen LogP contribution in [0.2, 0.25) is 0 Å². The van der Waals surface area contributed by atoms with Crippen LogP contribution in [0.4, 0.5) is 0 Å². The Labute approximate surface area is 314 Å². The summed E-state index contributed by atoms with van der Waals surface area (Å²) < 4.78 is 39.2. The Bertz CT molecular complexity index is 1250. The molecule has 4 aliphatic heterocycles. The molecule has 320 valence electrons. The van der Waals surface area contributed by atoms with Crippen LogP contribution in [-0.2, 0) is 33.2 Å². The molecule has 4 heterocycles. The molecule has 23 nitrogen and oxygen atoms in total. The van der Waals surface area contributed by atoms with E-state index >= 15 is 0 Å². The lowest BCUT2D eigenvalue weighted by atomic mass is 9.86. The molecular weight excluding hydrogens is 750 g/mol. The van der Waals surface area contributed by atoms with Gasteiger partial charge in [-0.25, -0.2) is 0 Å². The van der Waals surface area contributed by atoms with E-state index in [1.165, 1.54) is 19.9 Å². The van der Waals surface area contributed by atoms with Gasteiger partial charge >= 0.3 is 0 Å². The van der Waals surface area contributed by atoms with E-state index in [1.807, 2.05) is 0 Å². The second kappa shape index (κ2) is 18.8. The third-order valence-corrected chi connectivity index (χ3v) is 10.8. The normalized spacial score (nSPS) is 52.5. The second-order valence-corrected chi connectivity index (χ2v) is 14.5. The average Bonchev–Trinajstić information content (AvgIpc) is 3.17. The molecular formula is C32H55NO22. The van der Waals surface area contributed by atoms with Crippen LogP contribution >= 0.6 is 0 Å². The number of rotatable bonds is 12. The first-order chi connectivity index (χ1) is 26.0. The zero-order valence-electron chi connectivity index (χ0n) is 29.8. The molecule has 0 aromatic heterocycles. The summed E-state index contributed by atoms with van der Waals surface area (Å²) in [6.45, 7) is -0.0960. The van der Waals surface area contributed by atoms with E-state index in [4.69, 9.17) is 33.2 Å². The SMILES string of the molecule is CC1OC(CO)C(OC2OC(CO)C(OC3OC(C)C(NC4C=C(CO)C(OC5OC(CO)C(O)C(O)C5O)C(O)C4O)C(O)C3O)C(O)C2O)C(O)C1O. The van der Waals surface area contributed by atoms with Gasteiger partial charge in [0.2, 0.25) is 0 Å². The van der Waals surface area contributed by atoms with Crippen molar-refractivity contribution in [3.8, 4) is 0 Å². The summed E-state index contributed by atoms with van der Waals surface area (Å²) in [6, 6.07) is -2.43. The summed E-state index contributed by atoms with van der Waals surface area (Å²) in [7, 11) is 0. The summed E-state index contributed by atoms with van der Waals surface area (Å²) in [4.78, 5) is 0. The summed E-state index contributed by atoms with van der Waals surface area (Å²) in [5.74, 6) is 0. The third-order valence-electron chi connectivity index (χ3n) is 10.8. The Morgan fingerprint density at radius 2 is 0.982 bits per heavy atom. The topological polar surface area (TPSA) is 380 Å². The molecule has 0 spiro atoms. The molecule has 0 aromatic rings. The summed E-state index contributed by atoms with van der Waals surface area (Å²) in [6.07, 6.45) is -33.7. The van der Waals surface area contributed by atoms with Crippen molar-refractivity contribution in [2.45, 2.75) is 161 Å². The highest BCUT2D eigenvalue weighted by Gasteiger charge is 2.54. The van der Waals surface area contributed by atoms with Crippen LogP contribution in [0.5, 0.6) is 0 Å². The summed E-state index contributed by atoms with van der Waals surface area (Å²) >= 11 is 0. The Morgan fingerprint density at radius 1 is 0.491 bits per heavy atom. The minimum Gasteiger partial charge on any atom is -0.394 e. The van der Waals surface area contributed by atoms with Gasteiger partial charge in [-0.3, -0.25) is 0 Å². The van der Waals surface area contributed by atoms with Crippen molar-refractivity contribution in [2.75, 3.05) is 26.4 Å². The molecule has 0 bridgehead atoms. The van der Waals surface area contributed by atoms with Crippen LogP contribution in [0.25, 0.3) is 0 Å². The van der Waals surface area contributed by atoms with E-state index in [2.05, 4.69) is 5.32 Å². The molecule has 24 unspecified atom stereocenters. The van der Waals surface area contributed by atoms with E-state index in [-0.39, 0.29) is 5.57 Å². The largest absolute Gasteiger partial charge is 0.394 e. The number of nitrogens with one attached hydrogen (secondary N) is 1. The zero-order valence-corrected chi connectivity index (χ0v) is 29.8. The predicted molar refractivity (Wildman–Crippen MR) is 174 cm³/mol. The van der Waals surface area contributed by atoms with Gasteiger partial charge in [0, 0.05) is 0 Å². The van der Waals surface area contributed by atoms with Crippen LogP contribution in [0, 0.1) is 0 Å². The highest BCUT2D eigenvalue weighted by molar-refractivity contribution is 5.23. The minimum atomic E-state index is -1.92. The third kappa shape index (κ3) is 9.04. The van der Waals surface area contributed by atoms with E-state index in [0.717, 1.165) is 0 Å². The fraction of sp³-hybridized carbons (Fsp3) is 0.938. The van der Waals surface area contributed by atoms with Crippen LogP contribution in [0.15, 0.2) is 11.6 Å². The van der Waals surface area contributed by atoms with Gasteiger partial charge in [0.15, 0.2) is 18.9 Å². The standard InChI is InChI=1S/C32H55NO22/c1-8-15(33-11-3-10(4-34)27(22(44)17(11)39)53-31-25(47)20(42)18(40)12(5-35)51-31)19(41)24(46)30(50-8)54-29-14(7-37)52-32(26(48)23(29)45)55-28-13(6-36)49-9(2)16(38)21(28)43/h3,8-9,11-48H,4-7H2,1-2H3. The van der Waals surface area contributed by atoms with Crippen LogP contribution in [-0.4, -0.2) is 250 Å². The number of aliphatic hydroxyl groups is 15. The maximum absolute atomic E-state index is 11.2. The van der Waals surface area contributed by atoms with Gasteiger partial charge in [-0.2, -0.15) is 0 Å². The van der Waals surface area contributed by atoms with Crippen molar-refractivity contribution >= 4 is 0 Å². The molecule has 0 aromatic carbocycles. The molecule has 1 aliphatic carbocycles. The van der Waals surface area contributed by atoms with Crippen molar-refractivity contribution in [2.24, 2.45) is 0 Å². The predicted octanol–water partition coefficient (Wildman–Crippen LogP) is -9.67. The first-order valence-electron chi connectivity index (χ1n) is 18.0. The van der Waals surface area contributed by atoms with Crippen LogP contribution < -0.4 is 5.32 Å². The Balaban J connectivity index is 1.23. The van der Waals surface area contributed by atoms with E-state index in [1.54, 1.807) is 0 Å². The molecule has 4 saturated heterocycles. The fourth-order valence-corrected chi connectivity index (χ4v) is 7.50. The van der Waals surface area contributed by atoms with E-state index < -0.39 is 173 Å². The van der Waals surface area contributed by atoms with Gasteiger partial charge in [0.05, 0.1) is 50.7 Å². The van der Waals surface area contributed by atoms with Crippen molar-refractivity contribution < 1.29 is 110 Å². The lowest BCUT2D eigenvalue weighted by molar-refractivity contribution is -0.367. The molecule has 5 rings (SSSR count). The molecule has 16 N–H and O–H groups in total. The number of hydrogen-bond donors (Lipinski definition) is 16. The minimum absolute atomic E-state index is 0.0433. The highest BCUT2D eigenvalue weighted by atomic mass is 16.7. The summed E-state index contributed by atoms with van der Waals surface area (Å²) in [5.41, 5.74) is -0.0433. The Hall–Kier alpha value is -1.18. The maximum atomic E-state index is 11.2. The quantitative estimate of drug-likeness (QED) is 0.0814. The number of ether oxygens (including phenoxy) is 7. The highest BCUT2D eigenvalue weighted by Crippen LogP contribution is 2.34. The van der Waals surface area contributed by atoms with Crippen molar-refractivity contribution in [1.29, 1.82) is 0 Å². The van der Waals surface area contributed by atoms with Gasteiger partial charge < -0.3 is 115 Å². The molecule has 4 fully saturated rings. The van der Waals surface area contributed by atoms with Crippen molar-refractivity contribution in [1.82, 2.24) is 5.32 Å². The number of aliphatic hydroxyl groups excluding tert-OH is 15. The van der Waals surface area contributed by atoms with Gasteiger partial charge in [0.25, 0.3) is 0 Å². The molecule has 55 heavy (non-hydrogen) atoms. The molecule has 23 heteroatoms. The molecule has 0 amide bonds. The van der Waals surface area contributed by atoms with Crippen LogP contribution in [0.1, 0.15) is 13.8 Å². The van der Waals surface area contributed by atoms with Gasteiger partial charge in [-0.15, -0.1) is 0 Å². The van der Waals surface area contributed by atoms with Crippen LogP contribution in [0.3, 0.4) is 0 Å². The van der Waals surface area contributed by atoms with Gasteiger partial charge in [0.1, 0.15) is 104 Å². The van der Waals surface area contributed by atoms with E-state index in [0.29, 0.717) is 0 Å². The van der Waals surface area contributed by atoms with Gasteiger partial charge in [-0.05, 0) is 19.4 Å². The molecule has 0 radical (unpaired) electrons. The lowest BCUT2D eigenvalue weighted by Crippen LogP contribution is -2.68. The lowest BCUT2D eigenvalue weighted by Gasteiger charge is -2.49. The van der Waals surface area contributed by atoms with E-state index in [9.17, 15) is 76.6 Å². The number of hydrogen-bond acceptors (Lipinski definition) is 23. The fourth-order valence-electron chi connectivity index (χ4n) is 7.50. The molecule has 5 aliphatic rings. The maximum Gasteiger partial charge on any atom is 0.187 e. The molecule has 0 saturated carbocycles. The molecule has 24 atom stereocenters. The van der Waals surface area contributed by atoms with Crippen molar-refractivity contribution in [3.05, 3.63) is 11.6 Å². The Kier molecular flexibility index (Phi) is 15.4. The van der Waals surface area contributed by atoms with Gasteiger partial charge in [-0.1, -0.05) is 6.08 Å². The smallest absolute Gasteiger partial charge is 0.187 e. The van der Waals surface area contributed by atoms with Crippen molar-refractivity contribution in [3.63, 3.8) is 0 Å². The Morgan fingerprint density at radius 3 is 1.56 bits per heavy atom. The second-order valence-electron chi connectivity index (χ2n) is 14.5. The summed E-state index contributed by atoms with van der Waals surface area (Å²) in [5, 5.41) is 160.